The van der Waals surface area contributed by atoms with Gasteiger partial charge in [-0.1, -0.05) is 0 Å². The van der Waals surface area contributed by atoms with E-state index in [9.17, 15) is 14.0 Å². The van der Waals surface area contributed by atoms with E-state index in [1.54, 1.807) is 20.8 Å². The van der Waals surface area contributed by atoms with Crippen LogP contribution in [0.4, 0.5) is 9.18 Å². The standard InChI is InChI=1S/C17H22FNO5/c1-10-7-13(18)14(8-12(10)15(20)21)23-9-11-5-6-19(11)16(22)24-17(2,3)4/h7-8,11H,5-6,9H2,1-4H3,(H,20,21)/t11-/m0/s1. The van der Waals surface area contributed by atoms with Gasteiger partial charge in [0.25, 0.3) is 0 Å². The molecule has 0 radical (unpaired) electrons. The number of aromatic carboxylic acids is 1. The summed E-state index contributed by atoms with van der Waals surface area (Å²) >= 11 is 0. The summed E-state index contributed by atoms with van der Waals surface area (Å²) in [6, 6.07) is 2.09. The third-order valence-corrected chi connectivity index (χ3v) is 3.71. The maximum atomic E-state index is 13.9. The van der Waals surface area contributed by atoms with Crippen LogP contribution in [0.3, 0.4) is 0 Å². The van der Waals surface area contributed by atoms with Crippen LogP contribution in [0, 0.1) is 12.7 Å². The van der Waals surface area contributed by atoms with Crippen molar-refractivity contribution in [1.82, 2.24) is 4.90 Å². The minimum absolute atomic E-state index is 0.0102. The molecule has 1 saturated heterocycles. The Morgan fingerprint density at radius 3 is 2.54 bits per heavy atom. The number of likely N-dealkylation sites (tertiary alicyclic amines) is 1. The van der Waals surface area contributed by atoms with Crippen molar-refractivity contribution in [3.05, 3.63) is 29.1 Å². The monoisotopic (exact) mass is 339 g/mol. The van der Waals surface area contributed by atoms with Crippen LogP contribution >= 0.6 is 0 Å². The number of ether oxygens (including phenoxy) is 2. The van der Waals surface area contributed by atoms with Crippen LogP contribution in [0.15, 0.2) is 12.1 Å². The summed E-state index contributed by atoms with van der Waals surface area (Å²) in [5.41, 5.74) is -0.271. The van der Waals surface area contributed by atoms with E-state index in [1.807, 2.05) is 0 Å². The number of hydrogen-bond donors (Lipinski definition) is 1. The van der Waals surface area contributed by atoms with Crippen LogP contribution < -0.4 is 4.74 Å². The fraction of sp³-hybridized carbons (Fsp3) is 0.529. The van der Waals surface area contributed by atoms with Gasteiger partial charge in [0.1, 0.15) is 12.2 Å². The molecule has 0 unspecified atom stereocenters. The molecule has 0 spiro atoms. The number of nitrogens with zero attached hydrogens (tertiary/aromatic N) is 1. The largest absolute Gasteiger partial charge is 0.488 e. The van der Waals surface area contributed by atoms with Crippen molar-refractivity contribution < 1.29 is 28.6 Å². The van der Waals surface area contributed by atoms with Gasteiger partial charge in [-0.15, -0.1) is 0 Å². The molecule has 0 aliphatic carbocycles. The molecular formula is C17H22FNO5. The zero-order valence-corrected chi connectivity index (χ0v) is 14.3. The fourth-order valence-electron chi connectivity index (χ4n) is 2.35. The number of carbonyl (C=O) groups is 2. The van der Waals surface area contributed by atoms with E-state index in [0.29, 0.717) is 12.1 Å². The quantitative estimate of drug-likeness (QED) is 0.911. The van der Waals surface area contributed by atoms with Gasteiger partial charge < -0.3 is 19.5 Å². The van der Waals surface area contributed by atoms with Gasteiger partial charge in [0, 0.05) is 6.54 Å². The molecule has 1 heterocycles. The summed E-state index contributed by atoms with van der Waals surface area (Å²) in [6.45, 7) is 7.51. The number of carboxylic acid groups (broad SMARTS) is 1. The highest BCUT2D eigenvalue weighted by Gasteiger charge is 2.35. The van der Waals surface area contributed by atoms with Crippen molar-refractivity contribution in [2.24, 2.45) is 0 Å². The Balaban J connectivity index is 2.00. The van der Waals surface area contributed by atoms with E-state index in [0.717, 1.165) is 12.5 Å². The van der Waals surface area contributed by atoms with Crippen molar-refractivity contribution in [1.29, 1.82) is 0 Å². The lowest BCUT2D eigenvalue weighted by Gasteiger charge is -2.41. The van der Waals surface area contributed by atoms with Crippen molar-refractivity contribution in [2.75, 3.05) is 13.2 Å². The highest BCUT2D eigenvalue weighted by molar-refractivity contribution is 5.89. The smallest absolute Gasteiger partial charge is 0.410 e. The second-order valence-corrected chi connectivity index (χ2v) is 6.83. The van der Waals surface area contributed by atoms with Crippen molar-refractivity contribution in [3.63, 3.8) is 0 Å². The van der Waals surface area contributed by atoms with Crippen molar-refractivity contribution >= 4 is 12.1 Å². The second-order valence-electron chi connectivity index (χ2n) is 6.83. The number of carbonyl (C=O) groups excluding carboxylic acids is 1. The van der Waals surface area contributed by atoms with Gasteiger partial charge in [-0.2, -0.15) is 0 Å². The number of carboxylic acids is 1. The Hall–Kier alpha value is -2.31. The number of amides is 1. The van der Waals surface area contributed by atoms with Gasteiger partial charge in [-0.25, -0.2) is 14.0 Å². The fourth-order valence-corrected chi connectivity index (χ4v) is 2.35. The molecule has 132 valence electrons. The van der Waals surface area contributed by atoms with Gasteiger partial charge in [0.15, 0.2) is 11.6 Å². The Kier molecular flexibility index (Phi) is 5.01. The molecule has 1 aromatic carbocycles. The molecule has 1 amide bonds. The molecule has 0 bridgehead atoms. The average molecular weight is 339 g/mol. The first-order valence-corrected chi connectivity index (χ1v) is 7.74. The highest BCUT2D eigenvalue weighted by atomic mass is 19.1. The third kappa shape index (κ3) is 4.15. The lowest BCUT2D eigenvalue weighted by molar-refractivity contribution is -0.0143. The summed E-state index contributed by atoms with van der Waals surface area (Å²) in [7, 11) is 0. The molecule has 2 rings (SSSR count). The summed E-state index contributed by atoms with van der Waals surface area (Å²) in [5.74, 6) is -1.90. The maximum absolute atomic E-state index is 13.9. The van der Waals surface area contributed by atoms with E-state index in [-0.39, 0.29) is 24.0 Å². The molecule has 1 aromatic rings. The normalized spacial score (nSPS) is 17.2. The molecule has 24 heavy (non-hydrogen) atoms. The zero-order valence-electron chi connectivity index (χ0n) is 14.3. The van der Waals surface area contributed by atoms with Crippen molar-refractivity contribution in [3.8, 4) is 5.75 Å². The summed E-state index contributed by atoms with van der Waals surface area (Å²) in [4.78, 5) is 24.7. The van der Waals surface area contributed by atoms with Crippen molar-refractivity contribution in [2.45, 2.75) is 45.8 Å². The van der Waals surface area contributed by atoms with E-state index in [1.165, 1.54) is 17.9 Å². The third-order valence-electron chi connectivity index (χ3n) is 3.71. The van der Waals surface area contributed by atoms with Gasteiger partial charge in [-0.3, -0.25) is 0 Å². The number of halogens is 1. The second kappa shape index (κ2) is 6.67. The summed E-state index contributed by atoms with van der Waals surface area (Å²) < 4.78 is 24.6. The van der Waals surface area contributed by atoms with Gasteiger partial charge in [0.05, 0.1) is 11.6 Å². The van der Waals surface area contributed by atoms with E-state index in [2.05, 4.69) is 0 Å². The maximum Gasteiger partial charge on any atom is 0.410 e. The Bertz CT molecular complexity index is 653. The topological polar surface area (TPSA) is 76.1 Å². The van der Waals surface area contributed by atoms with E-state index >= 15 is 0 Å². The lowest BCUT2D eigenvalue weighted by atomic mass is 10.1. The predicted molar refractivity (Wildman–Crippen MR) is 84.9 cm³/mol. The van der Waals surface area contributed by atoms with Crippen LogP contribution in [0.2, 0.25) is 0 Å². The summed E-state index contributed by atoms with van der Waals surface area (Å²) in [6.07, 6.45) is 0.288. The Morgan fingerprint density at radius 2 is 2.04 bits per heavy atom. The predicted octanol–water partition coefficient (Wildman–Crippen LogP) is 3.22. The molecule has 0 aromatic heterocycles. The van der Waals surface area contributed by atoms with Crippen LogP contribution in [-0.2, 0) is 4.74 Å². The average Bonchev–Trinajstić information content (AvgIpc) is 2.37. The highest BCUT2D eigenvalue weighted by Crippen LogP contribution is 2.26. The molecular weight excluding hydrogens is 317 g/mol. The minimum atomic E-state index is -1.14. The Labute approximate surface area is 140 Å². The Morgan fingerprint density at radius 1 is 1.38 bits per heavy atom. The zero-order chi connectivity index (χ0) is 18.1. The van der Waals surface area contributed by atoms with Crippen LogP contribution in [-0.4, -0.2) is 46.9 Å². The number of aryl methyl sites for hydroxylation is 1. The number of benzene rings is 1. The minimum Gasteiger partial charge on any atom is -0.488 e. The van der Waals surface area contributed by atoms with Gasteiger partial charge in [0.2, 0.25) is 0 Å². The van der Waals surface area contributed by atoms with E-state index < -0.39 is 23.5 Å². The molecule has 1 aliphatic rings. The van der Waals surface area contributed by atoms with Gasteiger partial charge in [-0.05, 0) is 51.8 Å². The van der Waals surface area contributed by atoms with Gasteiger partial charge >= 0.3 is 12.1 Å². The van der Waals surface area contributed by atoms with Crippen LogP contribution in [0.1, 0.15) is 43.1 Å². The number of rotatable bonds is 4. The lowest BCUT2D eigenvalue weighted by Crippen LogP contribution is -2.55. The summed E-state index contributed by atoms with van der Waals surface area (Å²) in [5, 5.41) is 9.09. The van der Waals surface area contributed by atoms with Crippen LogP contribution in [0.5, 0.6) is 5.75 Å². The first-order valence-electron chi connectivity index (χ1n) is 7.74. The van der Waals surface area contributed by atoms with Crippen LogP contribution in [0.25, 0.3) is 0 Å². The van der Waals surface area contributed by atoms with E-state index in [4.69, 9.17) is 14.6 Å². The molecule has 1 fully saturated rings. The molecule has 6 nitrogen and oxygen atoms in total. The molecule has 7 heteroatoms. The first-order chi connectivity index (χ1) is 11.1. The molecule has 1 N–H and O–H groups in total. The SMILES string of the molecule is Cc1cc(F)c(OC[C@@H]2CCN2C(=O)OC(C)(C)C)cc1C(=O)O. The number of hydrogen-bond acceptors (Lipinski definition) is 4. The molecule has 1 atom stereocenters. The molecule has 1 aliphatic heterocycles. The molecule has 0 saturated carbocycles. The first kappa shape index (κ1) is 18.0.